The zero-order chi connectivity index (χ0) is 23.7. The molecule has 0 saturated heterocycles. The number of fused-ring (bicyclic) bond motifs is 1. The van der Waals surface area contributed by atoms with Crippen LogP contribution in [0.3, 0.4) is 0 Å². The molecule has 4 aromatic heterocycles. The van der Waals surface area contributed by atoms with E-state index < -0.39 is 17.3 Å². The Morgan fingerprint density at radius 2 is 2.12 bits per heavy atom. The number of H-pyrrole nitrogens is 1. The third-order valence-corrected chi connectivity index (χ3v) is 5.30. The van der Waals surface area contributed by atoms with Crippen molar-refractivity contribution in [3.05, 3.63) is 99.2 Å². The monoisotopic (exact) mass is 478 g/mol. The van der Waals surface area contributed by atoms with Crippen molar-refractivity contribution < 1.29 is 13.7 Å². The van der Waals surface area contributed by atoms with Gasteiger partial charge in [-0.15, -0.1) is 0 Å². The van der Waals surface area contributed by atoms with Crippen LogP contribution in [0.25, 0.3) is 22.5 Å². The number of aromatic nitrogens is 5. The summed E-state index contributed by atoms with van der Waals surface area (Å²) in [5, 5.41) is 7.50. The van der Waals surface area contributed by atoms with Crippen LogP contribution in [0.4, 0.5) is 4.39 Å². The molecule has 4 heterocycles. The fourth-order valence-electron chi connectivity index (χ4n) is 3.53. The number of amides is 1. The number of benzene rings is 1. The molecule has 9 nitrogen and oxygen atoms in total. The van der Waals surface area contributed by atoms with Crippen LogP contribution in [-0.4, -0.2) is 30.6 Å². The van der Waals surface area contributed by atoms with Crippen LogP contribution in [0, 0.1) is 5.82 Å². The second-order valence-corrected chi connectivity index (χ2v) is 7.87. The van der Waals surface area contributed by atoms with Gasteiger partial charge in [-0.2, -0.15) is 4.98 Å². The van der Waals surface area contributed by atoms with Crippen molar-refractivity contribution in [2.24, 2.45) is 0 Å². The van der Waals surface area contributed by atoms with Gasteiger partial charge in [0.2, 0.25) is 0 Å². The molecule has 5 rings (SSSR count). The molecule has 0 saturated carbocycles. The van der Waals surface area contributed by atoms with Gasteiger partial charge in [0.15, 0.2) is 5.82 Å². The lowest BCUT2D eigenvalue weighted by Gasteiger charge is -2.10. The zero-order valence-corrected chi connectivity index (χ0v) is 18.2. The van der Waals surface area contributed by atoms with E-state index in [0.29, 0.717) is 16.8 Å². The number of rotatable bonds is 6. The first-order valence-corrected chi connectivity index (χ1v) is 10.5. The fourth-order valence-corrected chi connectivity index (χ4v) is 3.76. The number of carbonyl (C=O) groups excluding carboxylic acids is 1. The van der Waals surface area contributed by atoms with Gasteiger partial charge in [-0.05, 0) is 35.9 Å². The molecular formula is C23H16ClFN6O3. The molecule has 5 aromatic rings. The maximum absolute atomic E-state index is 13.5. The Labute approximate surface area is 196 Å². The normalized spacial score (nSPS) is 11.1. The summed E-state index contributed by atoms with van der Waals surface area (Å²) in [5.41, 5.74) is 1.20. The Balaban J connectivity index is 1.32. The molecule has 0 unspecified atom stereocenters. The molecular weight excluding hydrogens is 463 g/mol. The summed E-state index contributed by atoms with van der Waals surface area (Å²) in [6.07, 6.45) is 4.77. The van der Waals surface area contributed by atoms with Gasteiger partial charge < -0.3 is 19.4 Å². The lowest BCUT2D eigenvalue weighted by Crippen LogP contribution is -2.33. The number of pyridine rings is 2. The first-order valence-electron chi connectivity index (χ1n) is 10.2. The van der Waals surface area contributed by atoms with Crippen molar-refractivity contribution in [3.63, 3.8) is 0 Å². The molecule has 0 aliphatic rings. The highest BCUT2D eigenvalue weighted by Gasteiger charge is 2.17. The van der Waals surface area contributed by atoms with Gasteiger partial charge >= 0.3 is 0 Å². The summed E-state index contributed by atoms with van der Waals surface area (Å²) in [5.74, 6) is -0.579. The summed E-state index contributed by atoms with van der Waals surface area (Å²) in [6.45, 7) is -0.0100. The molecule has 0 fully saturated rings. The van der Waals surface area contributed by atoms with Crippen molar-refractivity contribution in [1.29, 1.82) is 0 Å². The Morgan fingerprint density at radius 3 is 2.97 bits per heavy atom. The predicted octanol–water partition coefficient (Wildman–Crippen LogP) is 3.55. The van der Waals surface area contributed by atoms with E-state index in [1.807, 2.05) is 6.07 Å². The molecule has 0 aliphatic heterocycles. The Bertz CT molecular complexity index is 1570. The van der Waals surface area contributed by atoms with Gasteiger partial charge in [0.25, 0.3) is 17.4 Å². The standard InChI is InChI=1S/C23H16ClFN6O3/c24-14-8-17(23(33)31(12-14)11-13-3-1-4-15(25)7-13)21(32)28-10-19-29-22(34-30-19)18-9-27-20-16(18)5-2-6-26-20/h1-9,12H,10-11H2,(H,26,27)(H,28,32). The zero-order valence-electron chi connectivity index (χ0n) is 17.5. The van der Waals surface area contributed by atoms with Crippen molar-refractivity contribution >= 4 is 28.5 Å². The second kappa shape index (κ2) is 8.91. The summed E-state index contributed by atoms with van der Waals surface area (Å²) < 4.78 is 20.1. The minimum Gasteiger partial charge on any atom is -0.345 e. The lowest BCUT2D eigenvalue weighted by atomic mass is 10.2. The van der Waals surface area contributed by atoms with Crippen LogP contribution in [-0.2, 0) is 13.1 Å². The molecule has 34 heavy (non-hydrogen) atoms. The van der Waals surface area contributed by atoms with Crippen molar-refractivity contribution in [2.45, 2.75) is 13.1 Å². The summed E-state index contributed by atoms with van der Waals surface area (Å²) in [4.78, 5) is 37.1. The highest BCUT2D eigenvalue weighted by Crippen LogP contribution is 2.25. The van der Waals surface area contributed by atoms with E-state index in [0.717, 1.165) is 5.39 Å². The Kier molecular flexibility index (Phi) is 5.64. The molecule has 0 spiro atoms. The van der Waals surface area contributed by atoms with Crippen molar-refractivity contribution in [1.82, 2.24) is 30.0 Å². The number of hydrogen-bond acceptors (Lipinski definition) is 6. The third-order valence-electron chi connectivity index (χ3n) is 5.10. The molecule has 11 heteroatoms. The number of carbonyl (C=O) groups is 1. The third kappa shape index (κ3) is 4.30. The summed E-state index contributed by atoms with van der Waals surface area (Å²) >= 11 is 6.13. The van der Waals surface area contributed by atoms with Gasteiger partial charge in [0.1, 0.15) is 17.0 Å². The lowest BCUT2D eigenvalue weighted by molar-refractivity contribution is 0.0947. The average Bonchev–Trinajstić information content (AvgIpc) is 3.46. The van der Waals surface area contributed by atoms with E-state index in [1.54, 1.807) is 30.6 Å². The Morgan fingerprint density at radius 1 is 1.24 bits per heavy atom. The van der Waals surface area contributed by atoms with Crippen LogP contribution in [0.15, 0.2) is 70.4 Å². The van der Waals surface area contributed by atoms with Crippen LogP contribution in [0.1, 0.15) is 21.7 Å². The largest absolute Gasteiger partial charge is 0.345 e. The fraction of sp³-hybridized carbons (Fsp3) is 0.0870. The van der Waals surface area contributed by atoms with Gasteiger partial charge in [-0.1, -0.05) is 28.9 Å². The quantitative estimate of drug-likeness (QED) is 0.385. The van der Waals surface area contributed by atoms with Gasteiger partial charge in [-0.25, -0.2) is 9.37 Å². The number of hydrogen-bond donors (Lipinski definition) is 2. The van der Waals surface area contributed by atoms with E-state index in [4.69, 9.17) is 16.1 Å². The van der Waals surface area contributed by atoms with Gasteiger partial charge in [0.05, 0.1) is 23.7 Å². The molecule has 0 atom stereocenters. The first kappa shape index (κ1) is 21.5. The van der Waals surface area contributed by atoms with Crippen LogP contribution < -0.4 is 10.9 Å². The smallest absolute Gasteiger partial charge is 0.263 e. The van der Waals surface area contributed by atoms with E-state index in [9.17, 15) is 14.0 Å². The number of nitrogens with zero attached hydrogens (tertiary/aromatic N) is 4. The van der Waals surface area contributed by atoms with E-state index in [-0.39, 0.29) is 35.4 Å². The average molecular weight is 479 g/mol. The molecule has 0 aliphatic carbocycles. The topological polar surface area (TPSA) is 119 Å². The van der Waals surface area contributed by atoms with Crippen LogP contribution in [0.5, 0.6) is 0 Å². The molecule has 1 aromatic carbocycles. The molecule has 170 valence electrons. The molecule has 1 amide bonds. The predicted molar refractivity (Wildman–Crippen MR) is 122 cm³/mol. The van der Waals surface area contributed by atoms with Crippen molar-refractivity contribution in [2.75, 3.05) is 0 Å². The highest BCUT2D eigenvalue weighted by molar-refractivity contribution is 6.30. The molecule has 0 bridgehead atoms. The second-order valence-electron chi connectivity index (χ2n) is 7.44. The SMILES string of the molecule is O=C(NCc1noc(-c2c[nH]c3ncccc23)n1)c1cc(Cl)cn(Cc2cccc(F)c2)c1=O. The van der Waals surface area contributed by atoms with E-state index in [2.05, 4.69) is 25.4 Å². The van der Waals surface area contributed by atoms with Crippen molar-refractivity contribution in [3.8, 4) is 11.5 Å². The van der Waals surface area contributed by atoms with Crippen LogP contribution in [0.2, 0.25) is 5.02 Å². The number of nitrogens with one attached hydrogen (secondary N) is 2. The maximum atomic E-state index is 13.5. The van der Waals surface area contributed by atoms with Gasteiger partial charge in [0, 0.05) is 24.0 Å². The first-order chi connectivity index (χ1) is 16.5. The number of halogens is 2. The molecule has 2 N–H and O–H groups in total. The minimum absolute atomic E-state index is 0.0606. The summed E-state index contributed by atoms with van der Waals surface area (Å²) in [6, 6.07) is 10.8. The van der Waals surface area contributed by atoms with Crippen LogP contribution >= 0.6 is 11.6 Å². The van der Waals surface area contributed by atoms with E-state index in [1.165, 1.54) is 29.0 Å². The molecule has 0 radical (unpaired) electrons. The minimum atomic E-state index is -0.650. The Hall–Kier alpha value is -4.31. The van der Waals surface area contributed by atoms with Gasteiger partial charge in [-0.3, -0.25) is 9.59 Å². The maximum Gasteiger partial charge on any atom is 0.263 e. The van der Waals surface area contributed by atoms with E-state index >= 15 is 0 Å². The number of aromatic amines is 1. The highest BCUT2D eigenvalue weighted by atomic mass is 35.5. The summed E-state index contributed by atoms with van der Waals surface area (Å²) in [7, 11) is 0.